The lowest BCUT2D eigenvalue weighted by Crippen LogP contribution is -2.98. The molecule has 0 unspecified atom stereocenters. The fourth-order valence-corrected chi connectivity index (χ4v) is 2.50. The van der Waals surface area contributed by atoms with Crippen molar-refractivity contribution in [3.05, 3.63) is 0 Å². The molecule has 0 aromatic carbocycles. The molecule has 0 saturated heterocycles. The zero-order chi connectivity index (χ0) is 19.7. The summed E-state index contributed by atoms with van der Waals surface area (Å²) in [5.74, 6) is 0. The van der Waals surface area contributed by atoms with E-state index in [-0.39, 0.29) is 12.8 Å². The van der Waals surface area contributed by atoms with Gasteiger partial charge in [0.25, 0.3) is 0 Å². The van der Waals surface area contributed by atoms with Crippen LogP contribution in [-0.4, -0.2) is 61.9 Å². The van der Waals surface area contributed by atoms with Crippen molar-refractivity contribution < 1.29 is 34.1 Å². The van der Waals surface area contributed by atoms with Gasteiger partial charge < -0.3 is 24.5 Å². The molecular weight excluding hydrogens is 340 g/mol. The molecule has 0 heterocycles. The Morgan fingerprint density at radius 3 is 1.77 bits per heavy atom. The second-order valence-corrected chi connectivity index (χ2v) is 6.37. The Bertz CT molecular complexity index is 409. The van der Waals surface area contributed by atoms with Gasteiger partial charge in [-0.15, -0.1) is 0 Å². The molecule has 0 aromatic heterocycles. The SMILES string of the molecule is O=CCCCCNC(C=O)(C=O)CCC(C=O)(C=O)[NH2+]CCCCC=O. The van der Waals surface area contributed by atoms with Gasteiger partial charge >= 0.3 is 0 Å². The first-order valence-corrected chi connectivity index (χ1v) is 8.89. The van der Waals surface area contributed by atoms with E-state index in [4.69, 9.17) is 0 Å². The average molecular weight is 369 g/mol. The van der Waals surface area contributed by atoms with E-state index in [0.29, 0.717) is 76.8 Å². The number of carbonyl (C=O) groups is 6. The van der Waals surface area contributed by atoms with Crippen LogP contribution >= 0.6 is 0 Å². The standard InChI is InChI=1S/C18H28N2O6/c21-11-5-1-3-9-19-17(13-23,14-24)7-8-18(15-25,16-26)20-10-4-2-6-12-22/h11-16,19-20H,1-10H2/p+1. The van der Waals surface area contributed by atoms with Crippen LogP contribution in [0.5, 0.6) is 0 Å². The molecule has 0 saturated carbocycles. The molecule has 8 heteroatoms. The van der Waals surface area contributed by atoms with E-state index < -0.39 is 11.1 Å². The maximum Gasteiger partial charge on any atom is 0.208 e. The van der Waals surface area contributed by atoms with Crippen LogP contribution in [0.3, 0.4) is 0 Å². The van der Waals surface area contributed by atoms with E-state index in [1.807, 2.05) is 0 Å². The summed E-state index contributed by atoms with van der Waals surface area (Å²) in [5, 5.41) is 4.45. The topological polar surface area (TPSA) is 131 Å². The van der Waals surface area contributed by atoms with Crippen molar-refractivity contribution in [1.29, 1.82) is 0 Å². The molecule has 0 aliphatic carbocycles. The van der Waals surface area contributed by atoms with Gasteiger partial charge in [0.2, 0.25) is 5.54 Å². The quantitative estimate of drug-likeness (QED) is 0.168. The molecule has 0 aliphatic rings. The van der Waals surface area contributed by atoms with Crippen LogP contribution in [0, 0.1) is 0 Å². The number of unbranched alkanes of at least 4 members (excludes halogenated alkanes) is 4. The van der Waals surface area contributed by atoms with Gasteiger partial charge in [-0.05, 0) is 38.6 Å². The summed E-state index contributed by atoms with van der Waals surface area (Å²) in [6, 6.07) is 0. The molecule has 0 rings (SSSR count). The number of nitrogens with one attached hydrogen (secondary N) is 1. The van der Waals surface area contributed by atoms with Gasteiger partial charge in [-0.2, -0.15) is 0 Å². The number of rotatable bonds is 19. The minimum Gasteiger partial charge on any atom is -0.329 e. The van der Waals surface area contributed by atoms with Crippen molar-refractivity contribution in [2.45, 2.75) is 62.4 Å². The minimum atomic E-state index is -1.45. The van der Waals surface area contributed by atoms with E-state index >= 15 is 0 Å². The number of carbonyl (C=O) groups excluding carboxylic acids is 6. The fourth-order valence-electron chi connectivity index (χ4n) is 2.50. The molecule has 0 atom stereocenters. The van der Waals surface area contributed by atoms with Gasteiger partial charge in [-0.3, -0.25) is 14.9 Å². The predicted octanol–water partition coefficient (Wildman–Crippen LogP) is -1.07. The minimum absolute atomic E-state index is 0.00992. The lowest BCUT2D eigenvalue weighted by atomic mass is 9.87. The summed E-state index contributed by atoms with van der Waals surface area (Å²) < 4.78 is 0. The Balaban J connectivity index is 4.69. The summed E-state index contributed by atoms with van der Waals surface area (Å²) in [7, 11) is 0. The average Bonchev–Trinajstić information content (AvgIpc) is 2.68. The van der Waals surface area contributed by atoms with Crippen LogP contribution in [0.15, 0.2) is 0 Å². The molecule has 0 fully saturated rings. The second kappa shape index (κ2) is 14.1. The Kier molecular flexibility index (Phi) is 13.0. The zero-order valence-corrected chi connectivity index (χ0v) is 15.1. The predicted molar refractivity (Wildman–Crippen MR) is 93.6 cm³/mol. The highest BCUT2D eigenvalue weighted by atomic mass is 16.1. The summed E-state index contributed by atoms with van der Waals surface area (Å²) in [4.78, 5) is 66.3. The largest absolute Gasteiger partial charge is 0.329 e. The van der Waals surface area contributed by atoms with Crippen molar-refractivity contribution in [2.24, 2.45) is 0 Å². The monoisotopic (exact) mass is 369 g/mol. The normalized spacial score (nSPS) is 11.5. The Morgan fingerprint density at radius 2 is 1.27 bits per heavy atom. The maximum absolute atomic E-state index is 11.5. The van der Waals surface area contributed by atoms with Gasteiger partial charge in [0.1, 0.15) is 30.7 Å². The molecule has 146 valence electrons. The first-order valence-electron chi connectivity index (χ1n) is 8.89. The number of nitrogens with two attached hydrogens (primary N) is 1. The molecule has 3 N–H and O–H groups in total. The lowest BCUT2D eigenvalue weighted by molar-refractivity contribution is -0.696. The van der Waals surface area contributed by atoms with Crippen molar-refractivity contribution in [3.63, 3.8) is 0 Å². The molecule has 0 radical (unpaired) electrons. The third-order valence-corrected chi connectivity index (χ3v) is 4.33. The molecular formula is C18H29N2O6+. The van der Waals surface area contributed by atoms with Crippen molar-refractivity contribution in [1.82, 2.24) is 5.32 Å². The van der Waals surface area contributed by atoms with Crippen LogP contribution in [0.25, 0.3) is 0 Å². The molecule has 0 bridgehead atoms. The first kappa shape index (κ1) is 23.9. The highest BCUT2D eigenvalue weighted by molar-refractivity contribution is 5.90. The summed E-state index contributed by atoms with van der Waals surface area (Å²) in [6.07, 6.45) is 7.16. The molecule has 0 aromatic rings. The van der Waals surface area contributed by atoms with Crippen LogP contribution in [0.4, 0.5) is 0 Å². The van der Waals surface area contributed by atoms with Crippen LogP contribution in [-0.2, 0) is 28.8 Å². The van der Waals surface area contributed by atoms with Crippen molar-refractivity contribution >= 4 is 37.7 Å². The summed E-state index contributed by atoms with van der Waals surface area (Å²) in [6.45, 7) is 0.857. The Labute approximate surface area is 153 Å². The summed E-state index contributed by atoms with van der Waals surface area (Å²) >= 11 is 0. The van der Waals surface area contributed by atoms with E-state index in [0.717, 1.165) is 12.6 Å². The van der Waals surface area contributed by atoms with Crippen LogP contribution < -0.4 is 10.6 Å². The number of hydrogen-bond acceptors (Lipinski definition) is 7. The van der Waals surface area contributed by atoms with E-state index in [2.05, 4.69) is 5.32 Å². The number of hydrogen-bond donors (Lipinski definition) is 2. The van der Waals surface area contributed by atoms with Gasteiger partial charge in [0.15, 0.2) is 12.6 Å². The van der Waals surface area contributed by atoms with E-state index in [1.54, 1.807) is 5.32 Å². The fraction of sp³-hybridized carbons (Fsp3) is 0.667. The van der Waals surface area contributed by atoms with Crippen LogP contribution in [0.2, 0.25) is 0 Å². The van der Waals surface area contributed by atoms with Gasteiger partial charge in [-0.1, -0.05) is 0 Å². The molecule has 0 amide bonds. The highest BCUT2D eigenvalue weighted by Gasteiger charge is 2.38. The molecule has 26 heavy (non-hydrogen) atoms. The van der Waals surface area contributed by atoms with Gasteiger partial charge in [0, 0.05) is 19.3 Å². The Hall–Kier alpha value is -2.06. The smallest absolute Gasteiger partial charge is 0.208 e. The Morgan fingerprint density at radius 1 is 0.692 bits per heavy atom. The zero-order valence-electron chi connectivity index (χ0n) is 15.1. The lowest BCUT2D eigenvalue weighted by Gasteiger charge is -2.27. The summed E-state index contributed by atoms with van der Waals surface area (Å²) in [5.41, 5.74) is -2.80. The maximum atomic E-state index is 11.5. The molecule has 8 nitrogen and oxygen atoms in total. The van der Waals surface area contributed by atoms with Crippen molar-refractivity contribution in [2.75, 3.05) is 13.1 Å². The van der Waals surface area contributed by atoms with Crippen molar-refractivity contribution in [3.8, 4) is 0 Å². The van der Waals surface area contributed by atoms with E-state index in [1.165, 1.54) is 0 Å². The second-order valence-electron chi connectivity index (χ2n) is 6.37. The third kappa shape index (κ3) is 8.87. The third-order valence-electron chi connectivity index (χ3n) is 4.33. The van der Waals surface area contributed by atoms with Gasteiger partial charge in [-0.25, -0.2) is 0 Å². The molecule has 0 aliphatic heterocycles. The van der Waals surface area contributed by atoms with Crippen LogP contribution in [0.1, 0.15) is 51.4 Å². The number of aldehydes is 6. The first-order chi connectivity index (χ1) is 12.6. The highest BCUT2D eigenvalue weighted by Crippen LogP contribution is 2.13. The number of quaternary nitrogens is 1. The van der Waals surface area contributed by atoms with Gasteiger partial charge in [0.05, 0.1) is 6.54 Å². The molecule has 0 spiro atoms. The van der Waals surface area contributed by atoms with E-state index in [9.17, 15) is 28.8 Å².